The van der Waals surface area contributed by atoms with Crippen molar-refractivity contribution in [3.05, 3.63) is 58.3 Å². The number of aryl methyl sites for hydroxylation is 1. The molecule has 1 unspecified atom stereocenters. The molecule has 0 radical (unpaired) electrons. The van der Waals surface area contributed by atoms with Crippen LogP contribution in [0.25, 0.3) is 0 Å². The second-order valence-corrected chi connectivity index (χ2v) is 5.81. The van der Waals surface area contributed by atoms with Crippen LogP contribution in [0.2, 0.25) is 0 Å². The molecule has 1 aromatic carbocycles. The molecule has 0 saturated carbocycles. The normalized spacial score (nSPS) is 11.8. The first kappa shape index (κ1) is 15.5. The quantitative estimate of drug-likeness (QED) is 0.901. The Kier molecular flexibility index (Phi) is 5.33. The van der Waals surface area contributed by atoms with Crippen molar-refractivity contribution in [3.63, 3.8) is 0 Å². The van der Waals surface area contributed by atoms with Crippen molar-refractivity contribution in [1.82, 2.24) is 10.3 Å². The number of pyridine rings is 1. The summed E-state index contributed by atoms with van der Waals surface area (Å²) in [5.74, 6) is 0.634. The van der Waals surface area contributed by atoms with Gasteiger partial charge in [-0.15, -0.1) is 0 Å². The van der Waals surface area contributed by atoms with Crippen molar-refractivity contribution in [2.45, 2.75) is 19.9 Å². The number of amides is 1. The van der Waals surface area contributed by atoms with E-state index >= 15 is 0 Å². The highest BCUT2D eigenvalue weighted by molar-refractivity contribution is 9.10. The number of benzene rings is 1. The average molecular weight is 349 g/mol. The predicted octanol–water partition coefficient (Wildman–Crippen LogP) is 3.35. The monoisotopic (exact) mass is 348 g/mol. The van der Waals surface area contributed by atoms with E-state index in [1.54, 1.807) is 12.3 Å². The topological polar surface area (TPSA) is 51.2 Å². The van der Waals surface area contributed by atoms with E-state index in [1.807, 2.05) is 38.1 Å². The second kappa shape index (κ2) is 7.22. The van der Waals surface area contributed by atoms with Crippen molar-refractivity contribution in [2.24, 2.45) is 0 Å². The molecule has 21 heavy (non-hydrogen) atoms. The van der Waals surface area contributed by atoms with Crippen molar-refractivity contribution in [3.8, 4) is 5.75 Å². The molecule has 110 valence electrons. The molecular weight excluding hydrogens is 332 g/mol. The van der Waals surface area contributed by atoms with E-state index in [1.165, 1.54) is 11.8 Å². The molecule has 1 atom stereocenters. The lowest BCUT2D eigenvalue weighted by molar-refractivity contribution is 0.0926. The molecule has 1 heterocycles. The van der Waals surface area contributed by atoms with Crippen molar-refractivity contribution in [2.75, 3.05) is 6.61 Å². The van der Waals surface area contributed by atoms with Gasteiger partial charge in [0.15, 0.2) is 0 Å². The van der Waals surface area contributed by atoms with Gasteiger partial charge in [0, 0.05) is 16.9 Å². The van der Waals surface area contributed by atoms with Crippen molar-refractivity contribution in [1.29, 1.82) is 0 Å². The number of aromatic nitrogens is 1. The van der Waals surface area contributed by atoms with Crippen LogP contribution in [-0.2, 0) is 0 Å². The van der Waals surface area contributed by atoms with Crippen molar-refractivity contribution < 1.29 is 9.53 Å². The lowest BCUT2D eigenvalue weighted by atomic mass is 10.2. The fourth-order valence-electron chi connectivity index (χ4n) is 1.74. The van der Waals surface area contributed by atoms with E-state index in [0.717, 1.165) is 10.2 Å². The maximum atomic E-state index is 12.0. The first-order valence-electron chi connectivity index (χ1n) is 6.65. The zero-order valence-electron chi connectivity index (χ0n) is 12.0. The molecule has 5 heteroatoms. The molecule has 4 nitrogen and oxygen atoms in total. The highest BCUT2D eigenvalue weighted by Crippen LogP contribution is 2.12. The third-order valence-corrected chi connectivity index (χ3v) is 3.30. The molecule has 0 bridgehead atoms. The Morgan fingerprint density at radius 1 is 1.33 bits per heavy atom. The Morgan fingerprint density at radius 3 is 2.71 bits per heavy atom. The van der Waals surface area contributed by atoms with Gasteiger partial charge in [0.1, 0.15) is 12.4 Å². The van der Waals surface area contributed by atoms with Crippen molar-refractivity contribution >= 4 is 21.8 Å². The summed E-state index contributed by atoms with van der Waals surface area (Å²) in [5, 5.41) is 2.88. The number of rotatable bonds is 5. The minimum Gasteiger partial charge on any atom is -0.491 e. The van der Waals surface area contributed by atoms with Crippen LogP contribution < -0.4 is 10.1 Å². The predicted molar refractivity (Wildman–Crippen MR) is 85.5 cm³/mol. The smallest absolute Gasteiger partial charge is 0.253 e. The van der Waals surface area contributed by atoms with E-state index < -0.39 is 0 Å². The first-order chi connectivity index (χ1) is 10.0. The van der Waals surface area contributed by atoms with Crippen LogP contribution in [0.15, 0.2) is 47.2 Å². The number of hydrogen-bond donors (Lipinski definition) is 1. The number of halogens is 1. The van der Waals surface area contributed by atoms with Gasteiger partial charge in [-0.25, -0.2) is 0 Å². The zero-order valence-corrected chi connectivity index (χ0v) is 13.6. The number of ether oxygens (including phenoxy) is 1. The minimum absolute atomic E-state index is 0.0993. The molecule has 0 spiro atoms. The lowest BCUT2D eigenvalue weighted by Gasteiger charge is -2.15. The van der Waals surface area contributed by atoms with E-state index in [2.05, 4.69) is 26.2 Å². The van der Waals surface area contributed by atoms with Crippen LogP contribution in [0.5, 0.6) is 5.75 Å². The van der Waals surface area contributed by atoms with Gasteiger partial charge in [0.25, 0.3) is 5.91 Å². The molecule has 2 rings (SSSR count). The fraction of sp³-hybridized carbons (Fsp3) is 0.250. The van der Waals surface area contributed by atoms with E-state index in [0.29, 0.717) is 12.2 Å². The minimum atomic E-state index is -0.163. The van der Waals surface area contributed by atoms with Crippen LogP contribution in [0, 0.1) is 6.92 Å². The Balaban J connectivity index is 1.85. The SMILES string of the molecule is Cc1ccc(OCC(C)NC(=O)c2cncc(Br)c2)cc1. The molecule has 1 aromatic heterocycles. The van der Waals surface area contributed by atoms with Gasteiger partial charge in [-0.3, -0.25) is 9.78 Å². The third-order valence-electron chi connectivity index (χ3n) is 2.87. The molecule has 0 saturated heterocycles. The number of nitrogens with zero attached hydrogens (tertiary/aromatic N) is 1. The van der Waals surface area contributed by atoms with Gasteiger partial charge >= 0.3 is 0 Å². The van der Waals surface area contributed by atoms with Crippen LogP contribution in [0.1, 0.15) is 22.8 Å². The average Bonchev–Trinajstić information content (AvgIpc) is 2.46. The standard InChI is InChI=1S/C16H17BrN2O2/c1-11-3-5-15(6-4-11)21-10-12(2)19-16(20)13-7-14(17)9-18-8-13/h3-9,12H,10H2,1-2H3,(H,19,20). The Hall–Kier alpha value is -1.88. The molecule has 0 aliphatic carbocycles. The Bertz CT molecular complexity index is 614. The zero-order chi connectivity index (χ0) is 15.2. The van der Waals surface area contributed by atoms with E-state index in [-0.39, 0.29) is 11.9 Å². The lowest BCUT2D eigenvalue weighted by Crippen LogP contribution is -2.36. The molecule has 1 amide bonds. The van der Waals surface area contributed by atoms with Crippen LogP contribution in [0.4, 0.5) is 0 Å². The highest BCUT2D eigenvalue weighted by Gasteiger charge is 2.11. The molecule has 1 N–H and O–H groups in total. The van der Waals surface area contributed by atoms with Gasteiger partial charge in [0.2, 0.25) is 0 Å². The van der Waals surface area contributed by atoms with Gasteiger partial charge in [0.05, 0.1) is 11.6 Å². The Morgan fingerprint density at radius 2 is 2.05 bits per heavy atom. The van der Waals surface area contributed by atoms with Crippen LogP contribution in [0.3, 0.4) is 0 Å². The van der Waals surface area contributed by atoms with Gasteiger partial charge < -0.3 is 10.1 Å². The molecular formula is C16H17BrN2O2. The van der Waals surface area contributed by atoms with Gasteiger partial charge in [-0.05, 0) is 48.0 Å². The summed E-state index contributed by atoms with van der Waals surface area (Å²) in [5.41, 5.74) is 1.71. The Labute approximate surface area is 132 Å². The van der Waals surface area contributed by atoms with Gasteiger partial charge in [-0.1, -0.05) is 17.7 Å². The largest absolute Gasteiger partial charge is 0.491 e. The van der Waals surface area contributed by atoms with Crippen LogP contribution in [-0.4, -0.2) is 23.5 Å². The number of carbonyl (C=O) groups is 1. The fourth-order valence-corrected chi connectivity index (χ4v) is 2.11. The first-order valence-corrected chi connectivity index (χ1v) is 7.45. The summed E-state index contributed by atoms with van der Waals surface area (Å²) in [4.78, 5) is 16.0. The summed E-state index contributed by atoms with van der Waals surface area (Å²) in [6.45, 7) is 4.34. The maximum Gasteiger partial charge on any atom is 0.253 e. The molecule has 0 aliphatic rings. The summed E-state index contributed by atoms with van der Waals surface area (Å²) >= 11 is 3.30. The maximum absolute atomic E-state index is 12.0. The molecule has 0 fully saturated rings. The highest BCUT2D eigenvalue weighted by atomic mass is 79.9. The second-order valence-electron chi connectivity index (χ2n) is 4.89. The number of carbonyl (C=O) groups excluding carboxylic acids is 1. The number of hydrogen-bond acceptors (Lipinski definition) is 3. The van der Waals surface area contributed by atoms with Gasteiger partial charge in [-0.2, -0.15) is 0 Å². The summed E-state index contributed by atoms with van der Waals surface area (Å²) in [7, 11) is 0. The van der Waals surface area contributed by atoms with Crippen LogP contribution >= 0.6 is 15.9 Å². The molecule has 2 aromatic rings. The summed E-state index contributed by atoms with van der Waals surface area (Å²) in [6, 6.07) is 9.45. The summed E-state index contributed by atoms with van der Waals surface area (Å²) < 4.78 is 6.42. The third kappa shape index (κ3) is 4.86. The summed E-state index contributed by atoms with van der Waals surface area (Å²) in [6.07, 6.45) is 3.17. The molecule has 0 aliphatic heterocycles. The van der Waals surface area contributed by atoms with E-state index in [4.69, 9.17) is 4.74 Å². The van der Waals surface area contributed by atoms with E-state index in [9.17, 15) is 4.79 Å². The number of nitrogens with one attached hydrogen (secondary N) is 1.